The highest BCUT2D eigenvalue weighted by Crippen LogP contribution is 2.20. The second-order valence-corrected chi connectivity index (χ2v) is 3.46. The van der Waals surface area contributed by atoms with Gasteiger partial charge in [-0.1, -0.05) is 5.16 Å². The summed E-state index contributed by atoms with van der Waals surface area (Å²) in [7, 11) is 1.81. The van der Waals surface area contributed by atoms with Gasteiger partial charge in [0.25, 0.3) is 0 Å². The van der Waals surface area contributed by atoms with Gasteiger partial charge >= 0.3 is 0 Å². The number of hydrogen-bond donors (Lipinski definition) is 2. The highest BCUT2D eigenvalue weighted by atomic mass is 16.5. The Hall–Kier alpha value is -2.50. The smallest absolute Gasteiger partial charge is 0.170 e. The quantitative estimate of drug-likeness (QED) is 0.361. The molecule has 0 aliphatic heterocycles. The van der Waals surface area contributed by atoms with E-state index in [0.717, 1.165) is 0 Å². The summed E-state index contributed by atoms with van der Waals surface area (Å²) in [4.78, 5) is 0. The summed E-state index contributed by atoms with van der Waals surface area (Å²) in [6, 6.07) is 6.89. The van der Waals surface area contributed by atoms with Crippen molar-refractivity contribution >= 4 is 5.84 Å². The van der Waals surface area contributed by atoms with Gasteiger partial charge in [-0.2, -0.15) is 5.10 Å². The van der Waals surface area contributed by atoms with Gasteiger partial charge in [-0.25, -0.2) is 0 Å². The number of hydrogen-bond acceptors (Lipinski definition) is 4. The lowest BCUT2D eigenvalue weighted by molar-refractivity contribution is 0.318. The summed E-state index contributed by atoms with van der Waals surface area (Å²) in [5.41, 5.74) is 6.08. The molecule has 1 aromatic heterocycles. The van der Waals surface area contributed by atoms with Crippen molar-refractivity contribution in [2.75, 3.05) is 0 Å². The molecule has 0 saturated carbocycles. The third-order valence-corrected chi connectivity index (χ3v) is 2.17. The molecule has 88 valence electrons. The van der Waals surface area contributed by atoms with Gasteiger partial charge in [0.05, 0.1) is 12.4 Å². The fourth-order valence-corrected chi connectivity index (χ4v) is 1.34. The third-order valence-electron chi connectivity index (χ3n) is 2.17. The van der Waals surface area contributed by atoms with E-state index in [2.05, 4.69) is 10.3 Å². The molecule has 2 aromatic rings. The van der Waals surface area contributed by atoms with Gasteiger partial charge in [-0.3, -0.25) is 4.68 Å². The summed E-state index contributed by atoms with van der Waals surface area (Å²) in [6.07, 6.45) is 3.38. The minimum absolute atomic E-state index is 0.0675. The monoisotopic (exact) mass is 232 g/mol. The SMILES string of the molecule is Cn1cc(Oc2ccc(/C(N)=N/O)cc2)cn1. The van der Waals surface area contributed by atoms with Crippen LogP contribution in [0.5, 0.6) is 11.5 Å². The predicted octanol–water partition coefficient (Wildman–Crippen LogP) is 1.31. The third kappa shape index (κ3) is 2.54. The average molecular weight is 232 g/mol. The minimum atomic E-state index is 0.0675. The van der Waals surface area contributed by atoms with Crippen LogP contribution in [0, 0.1) is 0 Å². The van der Waals surface area contributed by atoms with Crippen LogP contribution in [0.15, 0.2) is 41.8 Å². The van der Waals surface area contributed by atoms with Gasteiger partial charge < -0.3 is 15.7 Å². The Morgan fingerprint density at radius 2 is 2.06 bits per heavy atom. The molecule has 0 unspecified atom stereocenters. The van der Waals surface area contributed by atoms with Crippen molar-refractivity contribution in [1.29, 1.82) is 0 Å². The zero-order valence-electron chi connectivity index (χ0n) is 9.24. The van der Waals surface area contributed by atoms with Crippen LogP contribution < -0.4 is 10.5 Å². The van der Waals surface area contributed by atoms with Crippen LogP contribution in [-0.4, -0.2) is 20.8 Å². The molecule has 1 aromatic carbocycles. The van der Waals surface area contributed by atoms with Gasteiger partial charge in [-0.05, 0) is 24.3 Å². The van der Waals surface area contributed by atoms with Crippen LogP contribution in [0.1, 0.15) is 5.56 Å². The first kappa shape index (κ1) is 11.0. The topological polar surface area (TPSA) is 85.7 Å². The molecule has 6 nitrogen and oxygen atoms in total. The summed E-state index contributed by atoms with van der Waals surface area (Å²) in [5, 5.41) is 15.4. The Labute approximate surface area is 97.9 Å². The molecule has 0 bridgehead atoms. The van der Waals surface area contributed by atoms with Crippen LogP contribution in [0.2, 0.25) is 0 Å². The first-order chi connectivity index (χ1) is 8.19. The number of rotatable bonds is 3. The molecule has 0 radical (unpaired) electrons. The molecule has 0 aliphatic carbocycles. The van der Waals surface area contributed by atoms with Gasteiger partial charge in [0.1, 0.15) is 5.75 Å². The molecule has 17 heavy (non-hydrogen) atoms. The minimum Gasteiger partial charge on any atom is -0.454 e. The van der Waals surface area contributed by atoms with Crippen LogP contribution in [0.4, 0.5) is 0 Å². The standard InChI is InChI=1S/C11H12N4O2/c1-15-7-10(6-13-15)17-9-4-2-8(3-5-9)11(12)14-16/h2-7,16H,1H3,(H2,12,14). The molecular formula is C11H12N4O2. The van der Waals surface area contributed by atoms with E-state index < -0.39 is 0 Å². The second-order valence-electron chi connectivity index (χ2n) is 3.46. The molecule has 1 heterocycles. The van der Waals surface area contributed by atoms with E-state index in [4.69, 9.17) is 15.7 Å². The molecule has 0 aliphatic rings. The van der Waals surface area contributed by atoms with E-state index >= 15 is 0 Å². The van der Waals surface area contributed by atoms with Gasteiger partial charge in [0, 0.05) is 12.6 Å². The number of aromatic nitrogens is 2. The van der Waals surface area contributed by atoms with Crippen molar-refractivity contribution in [3.05, 3.63) is 42.2 Å². The lowest BCUT2D eigenvalue weighted by Gasteiger charge is -2.03. The van der Waals surface area contributed by atoms with Crippen molar-refractivity contribution < 1.29 is 9.94 Å². The van der Waals surface area contributed by atoms with Crippen LogP contribution in [-0.2, 0) is 7.05 Å². The summed E-state index contributed by atoms with van der Waals surface area (Å²) in [6.45, 7) is 0. The highest BCUT2D eigenvalue weighted by Gasteiger charge is 2.02. The number of aryl methyl sites for hydroxylation is 1. The van der Waals surface area contributed by atoms with Gasteiger partial charge in [0.15, 0.2) is 11.6 Å². The van der Waals surface area contributed by atoms with E-state index in [9.17, 15) is 0 Å². The lowest BCUT2D eigenvalue weighted by atomic mass is 10.2. The Morgan fingerprint density at radius 3 is 2.59 bits per heavy atom. The van der Waals surface area contributed by atoms with Gasteiger partial charge in [0.2, 0.25) is 0 Å². The zero-order valence-corrected chi connectivity index (χ0v) is 9.24. The van der Waals surface area contributed by atoms with Crippen molar-refractivity contribution in [2.24, 2.45) is 17.9 Å². The van der Waals surface area contributed by atoms with E-state index in [1.165, 1.54) is 0 Å². The molecule has 0 spiro atoms. The number of oxime groups is 1. The molecule has 2 rings (SSSR count). The summed E-state index contributed by atoms with van der Waals surface area (Å²) >= 11 is 0. The van der Waals surface area contributed by atoms with Crippen LogP contribution in [0.3, 0.4) is 0 Å². The van der Waals surface area contributed by atoms with Crippen molar-refractivity contribution in [1.82, 2.24) is 9.78 Å². The molecule has 0 fully saturated rings. The van der Waals surface area contributed by atoms with E-state index in [0.29, 0.717) is 17.1 Å². The number of benzene rings is 1. The first-order valence-corrected chi connectivity index (χ1v) is 4.93. The maximum Gasteiger partial charge on any atom is 0.170 e. The number of nitrogens with two attached hydrogens (primary N) is 1. The fourth-order valence-electron chi connectivity index (χ4n) is 1.34. The van der Waals surface area contributed by atoms with Crippen LogP contribution in [0.25, 0.3) is 0 Å². The van der Waals surface area contributed by atoms with Crippen molar-refractivity contribution in [2.45, 2.75) is 0 Å². The van der Waals surface area contributed by atoms with E-state index in [-0.39, 0.29) is 5.84 Å². The Kier molecular flexibility index (Phi) is 2.95. The second kappa shape index (κ2) is 4.56. The van der Waals surface area contributed by atoms with Crippen molar-refractivity contribution in [3.8, 4) is 11.5 Å². The molecule has 0 saturated heterocycles. The largest absolute Gasteiger partial charge is 0.454 e. The summed E-state index contributed by atoms with van der Waals surface area (Å²) < 4.78 is 7.19. The fraction of sp³-hybridized carbons (Fsp3) is 0.0909. The van der Waals surface area contributed by atoms with Crippen LogP contribution >= 0.6 is 0 Å². The predicted molar refractivity (Wildman–Crippen MR) is 62.2 cm³/mol. The zero-order chi connectivity index (χ0) is 12.3. The number of ether oxygens (including phenoxy) is 1. The van der Waals surface area contributed by atoms with E-state index in [1.807, 2.05) is 7.05 Å². The molecular weight excluding hydrogens is 220 g/mol. The van der Waals surface area contributed by atoms with Gasteiger partial charge in [-0.15, -0.1) is 0 Å². The Balaban J connectivity index is 2.13. The molecule has 0 amide bonds. The van der Waals surface area contributed by atoms with Crippen molar-refractivity contribution in [3.63, 3.8) is 0 Å². The normalized spacial score (nSPS) is 11.5. The van der Waals surface area contributed by atoms with E-state index in [1.54, 1.807) is 41.3 Å². The molecule has 6 heteroatoms. The maximum absolute atomic E-state index is 8.52. The lowest BCUT2D eigenvalue weighted by Crippen LogP contribution is -2.12. The number of amidine groups is 1. The summed E-state index contributed by atoms with van der Waals surface area (Å²) in [5.74, 6) is 1.38. The maximum atomic E-state index is 8.52. The molecule has 0 atom stereocenters. The first-order valence-electron chi connectivity index (χ1n) is 4.93. The Morgan fingerprint density at radius 1 is 1.35 bits per heavy atom. The highest BCUT2D eigenvalue weighted by molar-refractivity contribution is 5.97. The average Bonchev–Trinajstić information content (AvgIpc) is 2.75. The Bertz CT molecular complexity index is 531. The molecule has 3 N–H and O–H groups in total. The number of nitrogens with zero attached hydrogens (tertiary/aromatic N) is 3.